The van der Waals surface area contributed by atoms with Crippen molar-refractivity contribution in [1.29, 1.82) is 5.26 Å². The number of carbonyl (C=O) groups is 1. The third-order valence-electron chi connectivity index (χ3n) is 4.62. The van der Waals surface area contributed by atoms with E-state index in [1.54, 1.807) is 6.07 Å². The van der Waals surface area contributed by atoms with Gasteiger partial charge in [0.2, 0.25) is 5.95 Å². The third-order valence-corrected chi connectivity index (χ3v) is 5.88. The van der Waals surface area contributed by atoms with Crippen LogP contribution < -0.4 is 10.0 Å². The molecule has 1 unspecified atom stereocenters. The van der Waals surface area contributed by atoms with Crippen molar-refractivity contribution in [1.82, 2.24) is 14.3 Å². The molecule has 0 aromatic carbocycles. The van der Waals surface area contributed by atoms with Gasteiger partial charge in [-0.05, 0) is 56.7 Å². The number of aromatic nitrogens is 2. The van der Waals surface area contributed by atoms with Gasteiger partial charge in [0.15, 0.2) is 0 Å². The first-order valence-corrected chi connectivity index (χ1v) is 9.90. The number of pyridine rings is 1. The number of halogens is 1. The molecule has 2 aromatic heterocycles. The van der Waals surface area contributed by atoms with Crippen LogP contribution in [0.25, 0.3) is 0 Å². The van der Waals surface area contributed by atoms with E-state index in [-0.39, 0.29) is 29.9 Å². The summed E-state index contributed by atoms with van der Waals surface area (Å²) in [4.78, 5) is 17.4. The highest BCUT2D eigenvalue weighted by molar-refractivity contribution is 7.97. The highest BCUT2D eigenvalue weighted by Crippen LogP contribution is 2.34. The van der Waals surface area contributed by atoms with Gasteiger partial charge in [0.25, 0.3) is 5.91 Å². The second-order valence-electron chi connectivity index (χ2n) is 6.79. The Morgan fingerprint density at radius 3 is 3.00 bits per heavy atom. The van der Waals surface area contributed by atoms with Gasteiger partial charge in [-0.2, -0.15) is 9.65 Å². The molecule has 148 valence electrons. The van der Waals surface area contributed by atoms with Gasteiger partial charge >= 0.3 is 0 Å². The van der Waals surface area contributed by atoms with Crippen LogP contribution in [0.1, 0.15) is 47.2 Å². The van der Waals surface area contributed by atoms with Crippen LogP contribution in [0.3, 0.4) is 0 Å². The smallest absolute Gasteiger partial charge is 0.272 e. The van der Waals surface area contributed by atoms with Gasteiger partial charge in [0, 0.05) is 34.9 Å². The molecule has 3 heterocycles. The van der Waals surface area contributed by atoms with Crippen LogP contribution in [0.15, 0.2) is 17.0 Å². The maximum absolute atomic E-state index is 13.6. The molecule has 3 N–H and O–H groups in total. The van der Waals surface area contributed by atoms with Crippen molar-refractivity contribution in [2.24, 2.45) is 0 Å². The van der Waals surface area contributed by atoms with E-state index in [1.165, 1.54) is 18.0 Å². The largest absolute Gasteiger partial charge is 0.395 e. The highest BCUT2D eigenvalue weighted by atomic mass is 32.2. The fraction of sp³-hybridized carbons (Fsp3) is 0.421. The summed E-state index contributed by atoms with van der Waals surface area (Å²) in [6, 6.07) is 4.14. The molecular weight excluding hydrogens is 381 g/mol. The molecule has 7 nitrogen and oxygen atoms in total. The average molecular weight is 403 g/mol. The minimum absolute atomic E-state index is 0.0181. The molecule has 1 aliphatic heterocycles. The van der Waals surface area contributed by atoms with Gasteiger partial charge in [0.1, 0.15) is 17.5 Å². The molecular formula is C19H22FN5O2S. The number of nitriles is 1. The predicted octanol–water partition coefficient (Wildman–Crippen LogP) is 2.77. The molecule has 0 saturated heterocycles. The van der Waals surface area contributed by atoms with E-state index in [0.717, 1.165) is 48.0 Å². The number of hydrogen-bond donors (Lipinski definition) is 3. The average Bonchev–Trinajstić information content (AvgIpc) is 2.96. The zero-order valence-corrected chi connectivity index (χ0v) is 16.6. The molecule has 9 heteroatoms. The van der Waals surface area contributed by atoms with E-state index < -0.39 is 5.95 Å². The van der Waals surface area contributed by atoms with E-state index in [0.29, 0.717) is 5.69 Å². The first-order chi connectivity index (χ1) is 13.4. The first kappa shape index (κ1) is 20.3. The van der Waals surface area contributed by atoms with Crippen molar-refractivity contribution >= 4 is 23.5 Å². The molecule has 1 aliphatic rings. The molecule has 0 saturated carbocycles. The lowest BCUT2D eigenvalue weighted by Gasteiger charge is -2.19. The van der Waals surface area contributed by atoms with Gasteiger partial charge in [-0.1, -0.05) is 0 Å². The lowest BCUT2D eigenvalue weighted by atomic mass is 10.1. The second-order valence-corrected chi connectivity index (χ2v) is 7.64. The maximum atomic E-state index is 13.6. The van der Waals surface area contributed by atoms with Gasteiger partial charge in [0.05, 0.1) is 6.61 Å². The van der Waals surface area contributed by atoms with Crippen LogP contribution >= 0.6 is 11.9 Å². The van der Waals surface area contributed by atoms with Crippen LogP contribution in [-0.2, 0) is 13.0 Å². The molecule has 0 radical (unpaired) electrons. The van der Waals surface area contributed by atoms with Crippen LogP contribution in [0.5, 0.6) is 0 Å². The topological polar surface area (TPSA) is 103 Å². The molecule has 28 heavy (non-hydrogen) atoms. The Hall–Kier alpha value is -2.41. The summed E-state index contributed by atoms with van der Waals surface area (Å²) in [5, 5.41) is 20.9. The number of nitrogens with zero attached hydrogens (tertiary/aromatic N) is 3. The molecule has 3 rings (SSSR count). The number of carbonyl (C=O) groups excluding carboxylic acids is 1. The number of hydrogen-bond acceptors (Lipinski definition) is 6. The normalized spacial score (nSPS) is 14.2. The zero-order chi connectivity index (χ0) is 20.3. The van der Waals surface area contributed by atoms with Crippen molar-refractivity contribution in [3.8, 4) is 6.07 Å². The summed E-state index contributed by atoms with van der Waals surface area (Å²) >= 11 is 1.42. The van der Waals surface area contributed by atoms with E-state index in [2.05, 4.69) is 15.0 Å². The summed E-state index contributed by atoms with van der Waals surface area (Å²) in [7, 11) is 0. The zero-order valence-electron chi connectivity index (χ0n) is 15.8. The summed E-state index contributed by atoms with van der Waals surface area (Å²) in [6.07, 6.45) is 2.90. The summed E-state index contributed by atoms with van der Waals surface area (Å²) < 4.78 is 18.8. The van der Waals surface area contributed by atoms with Crippen LogP contribution in [0, 0.1) is 24.2 Å². The Bertz CT molecular complexity index is 937. The molecule has 1 amide bonds. The number of fused-ring (bicyclic) bond motifs is 1. The standard InChI is InChI=1S/C19H22FN5O2S/c1-11(10-26)24-28-18-12(2)17(25-6-4-3-5-15(18)25)19(27)23-13-7-14(9-21)22-16(20)8-13/h7-8,11,24,26H,3-6,10H2,1-2H3,(H,22,23,27). The second kappa shape index (κ2) is 8.73. The number of rotatable bonds is 6. The van der Waals surface area contributed by atoms with E-state index in [9.17, 15) is 14.3 Å². The molecule has 0 bridgehead atoms. The predicted molar refractivity (Wildman–Crippen MR) is 105 cm³/mol. The van der Waals surface area contributed by atoms with Gasteiger partial charge in [-0.3, -0.25) is 9.52 Å². The Labute approximate surface area is 167 Å². The SMILES string of the molecule is Cc1c(SNC(C)CO)c2n(c1C(=O)Nc1cc(F)nc(C#N)c1)CCCC2. The maximum Gasteiger partial charge on any atom is 0.272 e. The fourth-order valence-corrected chi connectivity index (χ4v) is 4.26. The molecule has 0 spiro atoms. The van der Waals surface area contributed by atoms with E-state index in [1.807, 2.05) is 18.4 Å². The Kier molecular flexibility index (Phi) is 6.34. The highest BCUT2D eigenvalue weighted by Gasteiger charge is 2.27. The summed E-state index contributed by atoms with van der Waals surface area (Å²) in [5.41, 5.74) is 2.57. The monoisotopic (exact) mass is 403 g/mol. The molecule has 1 atom stereocenters. The number of aliphatic hydroxyl groups excluding tert-OH is 1. The fourth-order valence-electron chi connectivity index (χ4n) is 3.28. The minimum Gasteiger partial charge on any atom is -0.395 e. The number of anilines is 1. The lowest BCUT2D eigenvalue weighted by molar-refractivity contribution is 0.101. The van der Waals surface area contributed by atoms with Crippen molar-refractivity contribution in [3.63, 3.8) is 0 Å². The first-order valence-electron chi connectivity index (χ1n) is 9.08. The minimum atomic E-state index is -0.818. The Morgan fingerprint density at radius 1 is 1.50 bits per heavy atom. The van der Waals surface area contributed by atoms with Gasteiger partial charge < -0.3 is 15.0 Å². The summed E-state index contributed by atoms with van der Waals surface area (Å²) in [6.45, 7) is 4.53. The van der Waals surface area contributed by atoms with Crippen LogP contribution in [-0.4, -0.2) is 33.2 Å². The lowest BCUT2D eigenvalue weighted by Crippen LogP contribution is -2.23. The third kappa shape index (κ3) is 4.19. The van der Waals surface area contributed by atoms with Crippen molar-refractivity contribution in [2.45, 2.75) is 50.6 Å². The number of aliphatic hydroxyl groups is 1. The van der Waals surface area contributed by atoms with Crippen LogP contribution in [0.4, 0.5) is 10.1 Å². The van der Waals surface area contributed by atoms with E-state index in [4.69, 9.17) is 5.26 Å². The van der Waals surface area contributed by atoms with E-state index >= 15 is 0 Å². The Morgan fingerprint density at radius 2 is 2.29 bits per heavy atom. The molecule has 0 fully saturated rings. The van der Waals surface area contributed by atoms with Crippen molar-refractivity contribution in [2.75, 3.05) is 11.9 Å². The van der Waals surface area contributed by atoms with Crippen molar-refractivity contribution in [3.05, 3.63) is 40.7 Å². The van der Waals surface area contributed by atoms with Gasteiger partial charge in [-0.15, -0.1) is 0 Å². The molecule has 2 aromatic rings. The quantitative estimate of drug-likeness (QED) is 0.506. The van der Waals surface area contributed by atoms with Gasteiger partial charge in [-0.25, -0.2) is 4.98 Å². The van der Waals surface area contributed by atoms with Crippen molar-refractivity contribution < 1.29 is 14.3 Å². The van der Waals surface area contributed by atoms with Crippen LogP contribution in [0.2, 0.25) is 0 Å². The number of amides is 1. The summed E-state index contributed by atoms with van der Waals surface area (Å²) in [5.74, 6) is -1.17. The Balaban J connectivity index is 1.93. The number of nitrogens with one attached hydrogen (secondary N) is 2. The molecule has 0 aliphatic carbocycles.